The number of nitrogens with zero attached hydrogens (tertiary/aromatic N) is 2. The van der Waals surface area contributed by atoms with Crippen LogP contribution in [0.2, 0.25) is 0 Å². The maximum atomic E-state index is 13.3. The van der Waals surface area contributed by atoms with Crippen LogP contribution in [0.25, 0.3) is 0 Å². The molecule has 2 aromatic rings. The molecule has 156 valence electrons. The van der Waals surface area contributed by atoms with Crippen molar-refractivity contribution < 1.29 is 29.4 Å². The molecule has 2 amide bonds. The van der Waals surface area contributed by atoms with Crippen molar-refractivity contribution in [3.8, 4) is 0 Å². The van der Waals surface area contributed by atoms with Gasteiger partial charge in [0, 0.05) is 24.4 Å². The molecule has 4 rings (SSSR count). The number of anilines is 1. The molecule has 4 N–H and O–H groups in total. The first-order valence-electron chi connectivity index (χ1n) is 9.41. The normalized spacial score (nSPS) is 28.0. The molecule has 10 nitrogen and oxygen atoms in total. The number of carboxylic acids is 2. The van der Waals surface area contributed by atoms with Gasteiger partial charge in [0.2, 0.25) is 11.8 Å². The predicted octanol–water partition coefficient (Wildman–Crippen LogP) is 0.200. The maximum absolute atomic E-state index is 13.3. The van der Waals surface area contributed by atoms with Gasteiger partial charge in [-0.15, -0.1) is 0 Å². The molecular formula is C20H20N4O6. The highest BCUT2D eigenvalue weighted by Crippen LogP contribution is 2.45. The molecule has 0 aliphatic carbocycles. The Kier molecular flexibility index (Phi) is 4.65. The average molecular weight is 412 g/mol. The summed E-state index contributed by atoms with van der Waals surface area (Å²) in [5.41, 5.74) is -0.294. The molecule has 2 unspecified atom stereocenters. The first kappa shape index (κ1) is 19.8. The van der Waals surface area contributed by atoms with Gasteiger partial charge in [0.05, 0.1) is 30.3 Å². The fourth-order valence-electron chi connectivity index (χ4n) is 4.60. The number of benzene rings is 1. The largest absolute Gasteiger partial charge is 0.481 e. The molecule has 2 fully saturated rings. The lowest BCUT2D eigenvalue weighted by Crippen LogP contribution is -2.58. The van der Waals surface area contributed by atoms with Crippen LogP contribution < -0.4 is 10.2 Å². The molecular weight excluding hydrogens is 392 g/mol. The first-order chi connectivity index (χ1) is 14.2. The molecule has 2 saturated heterocycles. The van der Waals surface area contributed by atoms with Crippen LogP contribution in [-0.4, -0.2) is 55.5 Å². The number of rotatable bonds is 6. The Hall–Kier alpha value is -3.53. The van der Waals surface area contributed by atoms with Crippen molar-refractivity contribution in [2.45, 2.75) is 31.3 Å². The van der Waals surface area contributed by atoms with Gasteiger partial charge in [-0.1, -0.05) is 12.1 Å². The first-order valence-corrected chi connectivity index (χ1v) is 9.41. The third-order valence-electron chi connectivity index (χ3n) is 5.86. The summed E-state index contributed by atoms with van der Waals surface area (Å²) in [6.07, 6.45) is 2.71. The molecule has 0 spiro atoms. The van der Waals surface area contributed by atoms with E-state index in [4.69, 9.17) is 5.11 Å². The monoisotopic (exact) mass is 412 g/mol. The summed E-state index contributed by atoms with van der Waals surface area (Å²) >= 11 is 0. The SMILES string of the molecule is CC1NC(Cc2cnc[nH]2)(C(=O)O)[C@H]2C(=O)N(c3ccc(CC(=O)O)cc3)C(=O)[C@@H]12. The Bertz CT molecular complexity index is 1020. The zero-order chi connectivity index (χ0) is 21.6. The molecule has 4 atom stereocenters. The van der Waals surface area contributed by atoms with E-state index in [9.17, 15) is 24.3 Å². The number of fused-ring (bicyclic) bond motifs is 1. The predicted molar refractivity (Wildman–Crippen MR) is 103 cm³/mol. The minimum absolute atomic E-state index is 0.0295. The highest BCUT2D eigenvalue weighted by Gasteiger charge is 2.67. The third-order valence-corrected chi connectivity index (χ3v) is 5.86. The van der Waals surface area contributed by atoms with Crippen molar-refractivity contribution in [3.05, 3.63) is 48.0 Å². The fourth-order valence-corrected chi connectivity index (χ4v) is 4.60. The lowest BCUT2D eigenvalue weighted by atomic mass is 9.77. The Labute approximate surface area is 170 Å². The highest BCUT2D eigenvalue weighted by atomic mass is 16.4. The molecule has 0 bridgehead atoms. The zero-order valence-corrected chi connectivity index (χ0v) is 16.0. The Morgan fingerprint density at radius 1 is 1.17 bits per heavy atom. The van der Waals surface area contributed by atoms with E-state index in [1.807, 2.05) is 0 Å². The number of aromatic amines is 1. The molecule has 0 saturated carbocycles. The number of carbonyl (C=O) groups is 4. The number of amides is 2. The number of hydrogen-bond acceptors (Lipinski definition) is 6. The van der Waals surface area contributed by atoms with Crippen LogP contribution in [0.3, 0.4) is 0 Å². The Morgan fingerprint density at radius 2 is 1.87 bits per heavy atom. The zero-order valence-electron chi connectivity index (χ0n) is 16.0. The van der Waals surface area contributed by atoms with E-state index in [0.717, 1.165) is 4.90 Å². The number of nitrogens with one attached hydrogen (secondary N) is 2. The summed E-state index contributed by atoms with van der Waals surface area (Å²) in [5, 5.41) is 22.0. The van der Waals surface area contributed by atoms with Crippen LogP contribution in [0, 0.1) is 11.8 Å². The molecule has 3 heterocycles. The minimum atomic E-state index is -1.65. The number of imidazole rings is 1. The number of H-pyrrole nitrogens is 1. The van der Waals surface area contributed by atoms with E-state index in [-0.39, 0.29) is 12.8 Å². The lowest BCUT2D eigenvalue weighted by molar-refractivity contribution is -0.148. The summed E-state index contributed by atoms with van der Waals surface area (Å²) in [4.78, 5) is 57.5. The molecule has 2 aliphatic heterocycles. The van der Waals surface area contributed by atoms with E-state index in [1.165, 1.54) is 36.8 Å². The van der Waals surface area contributed by atoms with Gasteiger partial charge in [0.25, 0.3) is 0 Å². The number of imide groups is 1. The summed E-state index contributed by atoms with van der Waals surface area (Å²) < 4.78 is 0. The van der Waals surface area contributed by atoms with Gasteiger partial charge in [-0.3, -0.25) is 24.5 Å². The van der Waals surface area contributed by atoms with Crippen LogP contribution in [0.5, 0.6) is 0 Å². The van der Waals surface area contributed by atoms with Gasteiger partial charge in [-0.05, 0) is 24.6 Å². The van der Waals surface area contributed by atoms with E-state index in [0.29, 0.717) is 16.9 Å². The summed E-state index contributed by atoms with van der Waals surface area (Å²) in [6, 6.07) is 5.56. The van der Waals surface area contributed by atoms with E-state index >= 15 is 0 Å². The van der Waals surface area contributed by atoms with Crippen molar-refractivity contribution in [2.24, 2.45) is 11.8 Å². The van der Waals surface area contributed by atoms with Crippen molar-refractivity contribution in [3.63, 3.8) is 0 Å². The Morgan fingerprint density at radius 3 is 2.43 bits per heavy atom. The molecule has 1 aromatic carbocycles. The van der Waals surface area contributed by atoms with Crippen LogP contribution >= 0.6 is 0 Å². The Balaban J connectivity index is 1.70. The van der Waals surface area contributed by atoms with Crippen LogP contribution in [-0.2, 0) is 32.0 Å². The highest BCUT2D eigenvalue weighted by molar-refractivity contribution is 6.24. The van der Waals surface area contributed by atoms with Gasteiger partial charge in [0.15, 0.2) is 0 Å². The topological polar surface area (TPSA) is 153 Å². The van der Waals surface area contributed by atoms with E-state index in [2.05, 4.69) is 15.3 Å². The van der Waals surface area contributed by atoms with Crippen LogP contribution in [0.1, 0.15) is 18.2 Å². The number of carboxylic acid groups (broad SMARTS) is 2. The van der Waals surface area contributed by atoms with Gasteiger partial charge < -0.3 is 15.2 Å². The second-order valence-electron chi connectivity index (χ2n) is 7.72. The van der Waals surface area contributed by atoms with E-state index in [1.54, 1.807) is 6.92 Å². The number of aromatic nitrogens is 2. The van der Waals surface area contributed by atoms with E-state index < -0.39 is 47.2 Å². The summed E-state index contributed by atoms with van der Waals surface area (Å²) in [6.45, 7) is 1.69. The number of carbonyl (C=O) groups excluding carboxylic acids is 2. The van der Waals surface area contributed by atoms with Crippen LogP contribution in [0.15, 0.2) is 36.8 Å². The number of hydrogen-bond donors (Lipinski definition) is 4. The second-order valence-corrected chi connectivity index (χ2v) is 7.72. The number of aliphatic carboxylic acids is 2. The molecule has 2 aliphatic rings. The summed E-state index contributed by atoms with van der Waals surface area (Å²) in [5.74, 6) is -5.17. The lowest BCUT2D eigenvalue weighted by Gasteiger charge is -2.30. The standard InChI is InChI=1S/C20H20N4O6/c1-10-15-16(20(23-10,19(29)30)7-12-8-21-9-22-12)18(28)24(17(15)27)13-4-2-11(3-5-13)6-14(25)26/h2-5,8-10,15-16,23H,6-7H2,1H3,(H,21,22)(H,25,26)(H,29,30)/t10?,15-,16+,20?/m0/s1. The smallest absolute Gasteiger partial charge is 0.325 e. The second kappa shape index (κ2) is 7.06. The van der Waals surface area contributed by atoms with Gasteiger partial charge in [0.1, 0.15) is 5.54 Å². The van der Waals surface area contributed by atoms with Crippen molar-refractivity contribution in [2.75, 3.05) is 4.90 Å². The fraction of sp³-hybridized carbons (Fsp3) is 0.350. The molecule has 1 aromatic heterocycles. The van der Waals surface area contributed by atoms with Crippen molar-refractivity contribution in [1.29, 1.82) is 0 Å². The van der Waals surface area contributed by atoms with Gasteiger partial charge in [-0.2, -0.15) is 0 Å². The third kappa shape index (κ3) is 2.96. The molecule has 30 heavy (non-hydrogen) atoms. The van der Waals surface area contributed by atoms with Gasteiger partial charge in [-0.25, -0.2) is 9.88 Å². The quantitative estimate of drug-likeness (QED) is 0.491. The maximum Gasteiger partial charge on any atom is 0.325 e. The van der Waals surface area contributed by atoms with Crippen molar-refractivity contribution in [1.82, 2.24) is 15.3 Å². The summed E-state index contributed by atoms with van der Waals surface area (Å²) in [7, 11) is 0. The van der Waals surface area contributed by atoms with Crippen LogP contribution in [0.4, 0.5) is 5.69 Å². The van der Waals surface area contributed by atoms with Crippen molar-refractivity contribution >= 4 is 29.4 Å². The average Bonchev–Trinajstić information content (AvgIpc) is 3.35. The minimum Gasteiger partial charge on any atom is -0.481 e. The molecule has 10 heteroatoms. The molecule has 0 radical (unpaired) electrons. The van der Waals surface area contributed by atoms with Gasteiger partial charge >= 0.3 is 11.9 Å².